The summed E-state index contributed by atoms with van der Waals surface area (Å²) >= 11 is 0. The molecule has 0 amide bonds. The minimum atomic E-state index is -2.92. The molecule has 1 N–H and O–H groups in total. The molecule has 0 aliphatic heterocycles. The second-order valence-corrected chi connectivity index (χ2v) is 4.46. The van der Waals surface area contributed by atoms with Gasteiger partial charge in [-0.1, -0.05) is 0 Å². The van der Waals surface area contributed by atoms with E-state index in [0.717, 1.165) is 0 Å². The van der Waals surface area contributed by atoms with Crippen molar-refractivity contribution in [3.05, 3.63) is 30.1 Å². The molecule has 0 spiro atoms. The summed E-state index contributed by atoms with van der Waals surface area (Å²) in [5, 5.41) is 12.9. The Kier molecular flexibility index (Phi) is 4.59. The van der Waals surface area contributed by atoms with Gasteiger partial charge in [0.1, 0.15) is 18.0 Å². The van der Waals surface area contributed by atoms with Crippen LogP contribution in [0.3, 0.4) is 0 Å². The molecule has 1 aromatic carbocycles. The lowest BCUT2D eigenvalue weighted by atomic mass is 10.1. The number of benzene rings is 1. The summed E-state index contributed by atoms with van der Waals surface area (Å²) in [6.07, 6.45) is 1.56. The van der Waals surface area contributed by atoms with Gasteiger partial charge in [-0.25, -0.2) is 0 Å². The van der Waals surface area contributed by atoms with Crippen molar-refractivity contribution in [1.82, 2.24) is 9.78 Å². The van der Waals surface area contributed by atoms with E-state index in [1.165, 1.54) is 23.9 Å². The van der Waals surface area contributed by atoms with Gasteiger partial charge in [0.15, 0.2) is 0 Å². The number of carbonyl (C=O) groups is 1. The number of aryl methyl sites for hydroxylation is 1. The molecule has 1 heterocycles. The third-order valence-corrected chi connectivity index (χ3v) is 2.93. The third-order valence-electron chi connectivity index (χ3n) is 2.93. The van der Waals surface area contributed by atoms with Crippen LogP contribution in [0.25, 0.3) is 11.1 Å². The van der Waals surface area contributed by atoms with Gasteiger partial charge < -0.3 is 14.6 Å². The van der Waals surface area contributed by atoms with Gasteiger partial charge in [-0.05, 0) is 19.1 Å². The van der Waals surface area contributed by atoms with Crippen molar-refractivity contribution in [2.75, 3.05) is 7.11 Å². The zero-order valence-electron chi connectivity index (χ0n) is 11.9. The number of ether oxygens (including phenoxy) is 2. The molecule has 0 bridgehead atoms. The molecule has 0 saturated carbocycles. The van der Waals surface area contributed by atoms with Gasteiger partial charge in [-0.3, -0.25) is 9.48 Å². The predicted molar refractivity (Wildman–Crippen MR) is 73.2 cm³/mol. The van der Waals surface area contributed by atoms with Gasteiger partial charge in [0.05, 0.1) is 12.8 Å². The summed E-state index contributed by atoms with van der Waals surface area (Å²) in [5.74, 6) is -0.705. The van der Waals surface area contributed by atoms with E-state index in [1.54, 1.807) is 19.2 Å². The topological polar surface area (TPSA) is 73.6 Å². The molecule has 2 aromatic rings. The SMILES string of the molecule is COc1cc(OC(F)F)ccc1-c1cn(CC(=O)O)nc1C. The van der Waals surface area contributed by atoms with Crippen molar-refractivity contribution in [1.29, 1.82) is 0 Å². The molecule has 0 unspecified atom stereocenters. The van der Waals surface area contributed by atoms with Gasteiger partial charge >= 0.3 is 12.6 Å². The molecule has 1 aromatic heterocycles. The van der Waals surface area contributed by atoms with Crippen LogP contribution < -0.4 is 9.47 Å². The van der Waals surface area contributed by atoms with Gasteiger partial charge in [0, 0.05) is 23.4 Å². The maximum absolute atomic E-state index is 12.2. The highest BCUT2D eigenvalue weighted by Crippen LogP contribution is 2.35. The average Bonchev–Trinajstić information content (AvgIpc) is 2.77. The Morgan fingerprint density at radius 2 is 2.14 bits per heavy atom. The van der Waals surface area contributed by atoms with Crippen LogP contribution in [0.5, 0.6) is 11.5 Å². The second-order valence-electron chi connectivity index (χ2n) is 4.46. The summed E-state index contributed by atoms with van der Waals surface area (Å²) in [5.41, 5.74) is 1.86. The number of alkyl halides is 2. The van der Waals surface area contributed by atoms with Crippen molar-refractivity contribution in [2.24, 2.45) is 0 Å². The minimum absolute atomic E-state index is 0.0221. The number of halogens is 2. The van der Waals surface area contributed by atoms with E-state index in [2.05, 4.69) is 9.84 Å². The summed E-state index contributed by atoms with van der Waals surface area (Å²) in [4.78, 5) is 10.7. The van der Waals surface area contributed by atoms with Crippen molar-refractivity contribution in [2.45, 2.75) is 20.1 Å². The number of nitrogens with zero attached hydrogens (tertiary/aromatic N) is 2. The number of hydrogen-bond acceptors (Lipinski definition) is 4. The first-order valence-electron chi connectivity index (χ1n) is 6.29. The van der Waals surface area contributed by atoms with E-state index in [1.807, 2.05) is 0 Å². The largest absolute Gasteiger partial charge is 0.496 e. The van der Waals surface area contributed by atoms with Crippen molar-refractivity contribution in [3.8, 4) is 22.6 Å². The van der Waals surface area contributed by atoms with Crippen LogP contribution >= 0.6 is 0 Å². The molecular weight excluding hydrogens is 298 g/mol. The fraction of sp³-hybridized carbons (Fsp3) is 0.286. The fourth-order valence-electron chi connectivity index (χ4n) is 2.07. The summed E-state index contributed by atoms with van der Waals surface area (Å²) in [6, 6.07) is 4.29. The highest BCUT2D eigenvalue weighted by atomic mass is 19.3. The van der Waals surface area contributed by atoms with Crippen LogP contribution in [-0.4, -0.2) is 34.6 Å². The van der Waals surface area contributed by atoms with Crippen LogP contribution in [0.1, 0.15) is 5.69 Å². The first-order chi connectivity index (χ1) is 10.4. The van der Waals surface area contributed by atoms with Crippen LogP contribution in [0.2, 0.25) is 0 Å². The number of carboxylic acids is 1. The summed E-state index contributed by atoms with van der Waals surface area (Å²) < 4.78 is 35.3. The molecule has 0 aliphatic carbocycles. The van der Waals surface area contributed by atoms with Gasteiger partial charge in [0.2, 0.25) is 0 Å². The Morgan fingerprint density at radius 3 is 2.73 bits per heavy atom. The van der Waals surface area contributed by atoms with E-state index in [9.17, 15) is 13.6 Å². The van der Waals surface area contributed by atoms with E-state index in [0.29, 0.717) is 22.6 Å². The molecule has 22 heavy (non-hydrogen) atoms. The van der Waals surface area contributed by atoms with E-state index in [4.69, 9.17) is 9.84 Å². The molecule has 2 rings (SSSR count). The van der Waals surface area contributed by atoms with E-state index >= 15 is 0 Å². The minimum Gasteiger partial charge on any atom is -0.496 e. The Hall–Kier alpha value is -2.64. The quantitative estimate of drug-likeness (QED) is 0.887. The molecule has 6 nitrogen and oxygen atoms in total. The zero-order valence-corrected chi connectivity index (χ0v) is 11.9. The smallest absolute Gasteiger partial charge is 0.387 e. The first-order valence-corrected chi connectivity index (χ1v) is 6.29. The average molecular weight is 312 g/mol. The Labute approximate surface area is 124 Å². The van der Waals surface area contributed by atoms with E-state index in [-0.39, 0.29) is 12.3 Å². The molecule has 8 heteroatoms. The normalized spacial score (nSPS) is 10.8. The molecule has 0 atom stereocenters. The van der Waals surface area contributed by atoms with Crippen molar-refractivity contribution in [3.63, 3.8) is 0 Å². The fourth-order valence-corrected chi connectivity index (χ4v) is 2.07. The van der Waals surface area contributed by atoms with Crippen LogP contribution in [0, 0.1) is 6.92 Å². The maximum Gasteiger partial charge on any atom is 0.387 e. The molecule has 0 radical (unpaired) electrons. The van der Waals surface area contributed by atoms with Gasteiger partial charge in [-0.15, -0.1) is 0 Å². The van der Waals surface area contributed by atoms with Crippen LogP contribution in [0.15, 0.2) is 24.4 Å². The Balaban J connectivity index is 2.39. The number of methoxy groups -OCH3 is 1. The molecule has 0 saturated heterocycles. The number of aromatic nitrogens is 2. The Bertz CT molecular complexity index is 685. The van der Waals surface area contributed by atoms with Gasteiger partial charge in [0.25, 0.3) is 0 Å². The number of rotatable bonds is 6. The molecule has 0 aliphatic rings. The highest BCUT2D eigenvalue weighted by Gasteiger charge is 2.15. The molecule has 118 valence electrons. The number of hydrogen-bond donors (Lipinski definition) is 1. The lowest BCUT2D eigenvalue weighted by Gasteiger charge is -2.10. The summed E-state index contributed by atoms with van der Waals surface area (Å²) in [7, 11) is 1.40. The maximum atomic E-state index is 12.2. The van der Waals surface area contributed by atoms with Crippen LogP contribution in [0.4, 0.5) is 8.78 Å². The molecular formula is C14H14F2N2O4. The molecule has 0 fully saturated rings. The lowest BCUT2D eigenvalue weighted by molar-refractivity contribution is -0.137. The number of carboxylic acid groups (broad SMARTS) is 1. The number of aliphatic carboxylic acids is 1. The Morgan fingerprint density at radius 1 is 1.41 bits per heavy atom. The predicted octanol–water partition coefficient (Wildman–Crippen LogP) is 2.55. The lowest BCUT2D eigenvalue weighted by Crippen LogP contribution is -2.08. The zero-order chi connectivity index (χ0) is 16.3. The standard InChI is InChI=1S/C14H14F2N2O4/c1-8-11(6-18(17-8)7-13(19)20)10-4-3-9(22-14(15)16)5-12(10)21-2/h3-6,14H,7H2,1-2H3,(H,19,20). The summed E-state index contributed by atoms with van der Waals surface area (Å²) in [6.45, 7) is -1.47. The van der Waals surface area contributed by atoms with Crippen LogP contribution in [-0.2, 0) is 11.3 Å². The second kappa shape index (κ2) is 6.42. The van der Waals surface area contributed by atoms with Crippen molar-refractivity contribution >= 4 is 5.97 Å². The highest BCUT2D eigenvalue weighted by molar-refractivity contribution is 5.73. The van der Waals surface area contributed by atoms with E-state index < -0.39 is 12.6 Å². The van der Waals surface area contributed by atoms with Crippen molar-refractivity contribution < 1.29 is 28.2 Å². The first kappa shape index (κ1) is 15.7. The van der Waals surface area contributed by atoms with Gasteiger partial charge in [-0.2, -0.15) is 13.9 Å². The monoisotopic (exact) mass is 312 g/mol. The third kappa shape index (κ3) is 3.51.